The molecule has 0 aromatic carbocycles. The molecule has 0 spiro atoms. The summed E-state index contributed by atoms with van der Waals surface area (Å²) in [6.45, 7) is 5.44. The SMILES string of the molecule is Cc1cc(N2CCN(S(=O)(=O)N3CCCC3)CC2)n2ncnc2n1. The maximum atomic E-state index is 12.7. The van der Waals surface area contributed by atoms with Crippen LogP contribution in [0.2, 0.25) is 0 Å². The van der Waals surface area contributed by atoms with Gasteiger partial charge >= 0.3 is 0 Å². The Morgan fingerprint density at radius 1 is 1.00 bits per heavy atom. The standard InChI is InChI=1S/C14H21N7O2S/c1-12-10-13(21-14(17-12)15-11-16-21)18-6-8-20(9-7-18)24(22,23)19-4-2-3-5-19/h10-11H,2-9H2,1H3. The van der Waals surface area contributed by atoms with Crippen LogP contribution in [0.5, 0.6) is 0 Å². The molecule has 2 aromatic heterocycles. The quantitative estimate of drug-likeness (QED) is 0.767. The fraction of sp³-hybridized carbons (Fsp3) is 0.643. The van der Waals surface area contributed by atoms with Crippen LogP contribution >= 0.6 is 0 Å². The van der Waals surface area contributed by atoms with Gasteiger partial charge in [0.2, 0.25) is 0 Å². The molecule has 0 bridgehead atoms. The molecule has 2 saturated heterocycles. The second kappa shape index (κ2) is 5.94. The van der Waals surface area contributed by atoms with Gasteiger partial charge < -0.3 is 4.90 Å². The molecular weight excluding hydrogens is 330 g/mol. The van der Waals surface area contributed by atoms with E-state index in [0.717, 1.165) is 24.4 Å². The van der Waals surface area contributed by atoms with Crippen molar-refractivity contribution in [2.45, 2.75) is 19.8 Å². The Morgan fingerprint density at radius 2 is 1.67 bits per heavy atom. The average molecular weight is 351 g/mol. The molecule has 10 heteroatoms. The Labute approximate surface area is 141 Å². The minimum atomic E-state index is -3.31. The van der Waals surface area contributed by atoms with Crippen molar-refractivity contribution >= 4 is 21.8 Å². The van der Waals surface area contributed by atoms with Crippen LogP contribution in [0.4, 0.5) is 5.82 Å². The van der Waals surface area contributed by atoms with Gasteiger partial charge in [0.05, 0.1) is 0 Å². The summed E-state index contributed by atoms with van der Waals surface area (Å²) in [6.07, 6.45) is 3.40. The third-order valence-corrected chi connectivity index (χ3v) is 6.68. The van der Waals surface area contributed by atoms with E-state index >= 15 is 0 Å². The Kier molecular flexibility index (Phi) is 3.89. The van der Waals surface area contributed by atoms with Gasteiger partial charge in [-0.05, 0) is 19.8 Å². The van der Waals surface area contributed by atoms with Crippen molar-refractivity contribution in [1.82, 2.24) is 28.2 Å². The van der Waals surface area contributed by atoms with Crippen molar-refractivity contribution in [2.24, 2.45) is 0 Å². The Morgan fingerprint density at radius 3 is 2.38 bits per heavy atom. The van der Waals surface area contributed by atoms with Crippen molar-refractivity contribution in [3.63, 3.8) is 0 Å². The van der Waals surface area contributed by atoms with E-state index in [-0.39, 0.29) is 0 Å². The molecule has 4 rings (SSSR count). The highest BCUT2D eigenvalue weighted by molar-refractivity contribution is 7.86. The van der Waals surface area contributed by atoms with Crippen LogP contribution < -0.4 is 4.90 Å². The molecule has 2 fully saturated rings. The number of aromatic nitrogens is 4. The van der Waals surface area contributed by atoms with Crippen LogP contribution in [0.15, 0.2) is 12.4 Å². The van der Waals surface area contributed by atoms with E-state index in [4.69, 9.17) is 0 Å². The number of piperazine rings is 1. The van der Waals surface area contributed by atoms with Crippen molar-refractivity contribution in [3.05, 3.63) is 18.1 Å². The molecule has 0 aliphatic carbocycles. The second-order valence-electron chi connectivity index (χ2n) is 6.23. The molecule has 9 nitrogen and oxygen atoms in total. The Balaban J connectivity index is 1.52. The number of hydrogen-bond donors (Lipinski definition) is 0. The molecule has 0 amide bonds. The van der Waals surface area contributed by atoms with Gasteiger partial charge in [-0.15, -0.1) is 0 Å². The molecule has 0 N–H and O–H groups in total. The minimum absolute atomic E-state index is 0.483. The highest BCUT2D eigenvalue weighted by Crippen LogP contribution is 2.21. The first kappa shape index (κ1) is 15.7. The Hall–Kier alpha value is -1.78. The van der Waals surface area contributed by atoms with Crippen LogP contribution in [0.1, 0.15) is 18.5 Å². The lowest BCUT2D eigenvalue weighted by Crippen LogP contribution is -2.53. The topological polar surface area (TPSA) is 86.9 Å². The largest absolute Gasteiger partial charge is 0.354 e. The van der Waals surface area contributed by atoms with Gasteiger partial charge in [-0.25, -0.2) is 4.98 Å². The molecular formula is C14H21N7O2S. The first-order chi connectivity index (χ1) is 11.6. The first-order valence-electron chi connectivity index (χ1n) is 8.23. The molecule has 24 heavy (non-hydrogen) atoms. The summed E-state index contributed by atoms with van der Waals surface area (Å²) in [5.74, 6) is 1.48. The van der Waals surface area contributed by atoms with Crippen molar-refractivity contribution < 1.29 is 8.42 Å². The van der Waals surface area contributed by atoms with Gasteiger partial charge in [-0.3, -0.25) is 0 Å². The van der Waals surface area contributed by atoms with Gasteiger partial charge in [0, 0.05) is 51.0 Å². The van der Waals surface area contributed by atoms with Crippen molar-refractivity contribution in [3.8, 4) is 0 Å². The maximum Gasteiger partial charge on any atom is 0.282 e. The van der Waals surface area contributed by atoms with Crippen molar-refractivity contribution in [2.75, 3.05) is 44.2 Å². The summed E-state index contributed by atoms with van der Waals surface area (Å²) in [5, 5.41) is 4.23. The molecule has 0 atom stereocenters. The lowest BCUT2D eigenvalue weighted by molar-refractivity contribution is 0.342. The average Bonchev–Trinajstić information content (AvgIpc) is 3.25. The molecule has 2 aliphatic heterocycles. The van der Waals surface area contributed by atoms with Gasteiger partial charge in [-0.2, -0.15) is 31.6 Å². The van der Waals surface area contributed by atoms with E-state index in [0.29, 0.717) is 45.0 Å². The lowest BCUT2D eigenvalue weighted by Gasteiger charge is -2.36. The number of rotatable bonds is 3. The van der Waals surface area contributed by atoms with E-state index in [1.165, 1.54) is 6.33 Å². The van der Waals surface area contributed by atoms with E-state index < -0.39 is 10.2 Å². The Bertz CT molecular complexity index is 836. The zero-order valence-electron chi connectivity index (χ0n) is 13.7. The van der Waals surface area contributed by atoms with Gasteiger partial charge in [0.15, 0.2) is 0 Å². The maximum absolute atomic E-state index is 12.7. The summed E-state index contributed by atoms with van der Waals surface area (Å²) in [5.41, 5.74) is 0.873. The van der Waals surface area contributed by atoms with Gasteiger partial charge in [-0.1, -0.05) is 0 Å². The minimum Gasteiger partial charge on any atom is -0.354 e. The summed E-state index contributed by atoms with van der Waals surface area (Å²) in [4.78, 5) is 10.6. The first-order valence-corrected chi connectivity index (χ1v) is 9.63. The third kappa shape index (κ3) is 2.64. The smallest absolute Gasteiger partial charge is 0.282 e. The van der Waals surface area contributed by atoms with Crippen LogP contribution in [-0.4, -0.2) is 75.9 Å². The molecule has 0 unspecified atom stereocenters. The molecule has 0 radical (unpaired) electrons. The number of nitrogens with zero attached hydrogens (tertiary/aromatic N) is 7. The predicted octanol–water partition coefficient (Wildman–Crippen LogP) is -0.105. The van der Waals surface area contributed by atoms with Crippen LogP contribution in [0, 0.1) is 6.92 Å². The molecule has 4 heterocycles. The van der Waals surface area contributed by atoms with E-state index in [9.17, 15) is 8.42 Å². The fourth-order valence-corrected chi connectivity index (χ4v) is 5.04. The summed E-state index contributed by atoms with van der Waals surface area (Å²) < 4.78 is 30.2. The van der Waals surface area contributed by atoms with Crippen LogP contribution in [0.25, 0.3) is 5.78 Å². The second-order valence-corrected chi connectivity index (χ2v) is 8.16. The number of fused-ring (bicyclic) bond motifs is 1. The highest BCUT2D eigenvalue weighted by Gasteiger charge is 2.34. The highest BCUT2D eigenvalue weighted by atomic mass is 32.2. The molecule has 2 aliphatic rings. The van der Waals surface area contributed by atoms with Crippen LogP contribution in [0.3, 0.4) is 0 Å². The fourth-order valence-electron chi connectivity index (χ4n) is 3.37. The monoisotopic (exact) mass is 351 g/mol. The molecule has 2 aromatic rings. The third-order valence-electron chi connectivity index (χ3n) is 4.64. The zero-order valence-corrected chi connectivity index (χ0v) is 14.5. The molecule has 0 saturated carbocycles. The van der Waals surface area contributed by atoms with E-state index in [2.05, 4.69) is 20.0 Å². The summed E-state index contributed by atoms with van der Waals surface area (Å²) >= 11 is 0. The normalized spacial score (nSPS) is 21.0. The predicted molar refractivity (Wildman–Crippen MR) is 89.0 cm³/mol. The number of aryl methyl sites for hydroxylation is 1. The lowest BCUT2D eigenvalue weighted by atomic mass is 10.3. The van der Waals surface area contributed by atoms with E-state index in [1.54, 1.807) is 13.1 Å². The van der Waals surface area contributed by atoms with Gasteiger partial charge in [0.25, 0.3) is 16.0 Å². The summed E-state index contributed by atoms with van der Waals surface area (Å²) in [7, 11) is -3.31. The van der Waals surface area contributed by atoms with E-state index in [1.807, 2.05) is 13.0 Å². The molecule has 130 valence electrons. The van der Waals surface area contributed by atoms with Gasteiger partial charge in [0.1, 0.15) is 12.1 Å². The number of anilines is 1. The zero-order chi connectivity index (χ0) is 16.7. The number of hydrogen-bond acceptors (Lipinski definition) is 6. The van der Waals surface area contributed by atoms with Crippen molar-refractivity contribution in [1.29, 1.82) is 0 Å². The summed E-state index contributed by atoms with van der Waals surface area (Å²) in [6, 6.07) is 1.96. The van der Waals surface area contributed by atoms with Crippen LogP contribution in [-0.2, 0) is 10.2 Å².